The first-order valence-corrected chi connectivity index (χ1v) is 8.11. The summed E-state index contributed by atoms with van der Waals surface area (Å²) in [6, 6.07) is 12.4. The average Bonchev–Trinajstić information content (AvgIpc) is 2.99. The van der Waals surface area contributed by atoms with Gasteiger partial charge in [-0.25, -0.2) is 4.98 Å². The maximum Gasteiger partial charge on any atom is 0.255 e. The van der Waals surface area contributed by atoms with Gasteiger partial charge in [0, 0.05) is 29.8 Å². The summed E-state index contributed by atoms with van der Waals surface area (Å²) in [5.41, 5.74) is 3.59. The lowest BCUT2D eigenvalue weighted by Crippen LogP contribution is -2.12. The van der Waals surface area contributed by atoms with Crippen molar-refractivity contribution in [1.82, 2.24) is 9.97 Å². The first-order valence-electron chi connectivity index (χ1n) is 8.11. The lowest BCUT2D eigenvalue weighted by molar-refractivity contribution is -0.114. The molecule has 0 saturated carbocycles. The predicted molar refractivity (Wildman–Crippen MR) is 98.9 cm³/mol. The normalized spacial score (nSPS) is 10.9. The van der Waals surface area contributed by atoms with Crippen LogP contribution in [-0.2, 0) is 4.79 Å². The van der Waals surface area contributed by atoms with Crippen molar-refractivity contribution >= 4 is 34.2 Å². The van der Waals surface area contributed by atoms with Gasteiger partial charge in [0.05, 0.1) is 11.0 Å². The number of nitrogens with zero attached hydrogens (tertiary/aromatic N) is 1. The molecule has 2 amide bonds. The Kier molecular flexibility index (Phi) is 4.52. The number of hydrogen-bond acceptors (Lipinski definition) is 3. The fourth-order valence-corrected chi connectivity index (χ4v) is 2.49. The Balaban J connectivity index is 1.76. The Morgan fingerprint density at radius 2 is 1.64 bits per heavy atom. The van der Waals surface area contributed by atoms with E-state index in [0.717, 1.165) is 16.9 Å². The second kappa shape index (κ2) is 6.76. The summed E-state index contributed by atoms with van der Waals surface area (Å²) in [6.07, 6.45) is 0. The molecule has 0 spiro atoms. The van der Waals surface area contributed by atoms with E-state index < -0.39 is 0 Å². The summed E-state index contributed by atoms with van der Waals surface area (Å²) in [7, 11) is 0. The maximum absolute atomic E-state index is 12.4. The number of aromatic nitrogens is 2. The van der Waals surface area contributed by atoms with Gasteiger partial charge in [0.25, 0.3) is 5.91 Å². The molecule has 0 bridgehead atoms. The Bertz CT molecular complexity index is 926. The molecule has 0 aliphatic heterocycles. The summed E-state index contributed by atoms with van der Waals surface area (Å²) in [5.74, 6) is 0.869. The van der Waals surface area contributed by atoms with Crippen LogP contribution in [0.1, 0.15) is 42.9 Å². The van der Waals surface area contributed by atoms with Crippen molar-refractivity contribution in [3.63, 3.8) is 0 Å². The zero-order valence-corrected chi connectivity index (χ0v) is 14.4. The smallest absolute Gasteiger partial charge is 0.255 e. The van der Waals surface area contributed by atoms with Crippen LogP contribution in [0.25, 0.3) is 11.0 Å². The van der Waals surface area contributed by atoms with E-state index >= 15 is 0 Å². The molecular weight excluding hydrogens is 316 g/mol. The van der Waals surface area contributed by atoms with Crippen molar-refractivity contribution in [1.29, 1.82) is 0 Å². The highest BCUT2D eigenvalue weighted by Crippen LogP contribution is 2.20. The van der Waals surface area contributed by atoms with Crippen molar-refractivity contribution in [2.75, 3.05) is 10.6 Å². The van der Waals surface area contributed by atoms with Gasteiger partial charge in [-0.05, 0) is 42.5 Å². The number of imidazole rings is 1. The zero-order chi connectivity index (χ0) is 18.0. The lowest BCUT2D eigenvalue weighted by atomic mass is 10.2. The van der Waals surface area contributed by atoms with Crippen molar-refractivity contribution in [3.05, 3.63) is 53.9 Å². The van der Waals surface area contributed by atoms with Crippen molar-refractivity contribution < 1.29 is 9.59 Å². The first kappa shape index (κ1) is 16.7. The zero-order valence-electron chi connectivity index (χ0n) is 14.4. The number of amides is 2. The maximum atomic E-state index is 12.4. The van der Waals surface area contributed by atoms with Crippen molar-refractivity contribution in [2.45, 2.75) is 26.7 Å². The van der Waals surface area contributed by atoms with Gasteiger partial charge in [-0.1, -0.05) is 13.8 Å². The SMILES string of the molecule is CC(=O)Nc1ccc(NC(=O)c2ccc3nc(C(C)C)[nH]c3c2)cc1. The topological polar surface area (TPSA) is 86.9 Å². The van der Waals surface area contributed by atoms with Crippen LogP contribution < -0.4 is 10.6 Å². The molecule has 25 heavy (non-hydrogen) atoms. The Labute approximate surface area is 145 Å². The molecule has 0 unspecified atom stereocenters. The average molecular weight is 336 g/mol. The van der Waals surface area contributed by atoms with E-state index in [2.05, 4.69) is 34.4 Å². The molecule has 128 valence electrons. The lowest BCUT2D eigenvalue weighted by Gasteiger charge is -2.07. The number of nitrogens with one attached hydrogen (secondary N) is 3. The molecule has 3 N–H and O–H groups in total. The molecule has 0 aliphatic rings. The molecule has 6 heteroatoms. The number of carbonyl (C=O) groups is 2. The molecule has 1 heterocycles. The van der Waals surface area contributed by atoms with Crippen LogP contribution in [0, 0.1) is 0 Å². The number of H-pyrrole nitrogens is 1. The number of carbonyl (C=O) groups excluding carboxylic acids is 2. The molecule has 0 atom stereocenters. The highest BCUT2D eigenvalue weighted by molar-refractivity contribution is 6.06. The summed E-state index contributed by atoms with van der Waals surface area (Å²) in [6.45, 7) is 5.58. The molecule has 1 aromatic heterocycles. The molecule has 2 aromatic carbocycles. The number of fused-ring (bicyclic) bond motifs is 1. The van der Waals surface area contributed by atoms with Gasteiger partial charge in [-0.2, -0.15) is 0 Å². The van der Waals surface area contributed by atoms with E-state index in [9.17, 15) is 9.59 Å². The largest absolute Gasteiger partial charge is 0.342 e. The third kappa shape index (κ3) is 3.85. The van der Waals surface area contributed by atoms with Crippen LogP contribution in [0.5, 0.6) is 0 Å². The van der Waals surface area contributed by atoms with Crippen LogP contribution in [0.4, 0.5) is 11.4 Å². The summed E-state index contributed by atoms with van der Waals surface area (Å²) in [4.78, 5) is 31.2. The number of hydrogen-bond donors (Lipinski definition) is 3. The van der Waals surface area contributed by atoms with E-state index in [0.29, 0.717) is 22.9 Å². The van der Waals surface area contributed by atoms with Crippen LogP contribution >= 0.6 is 0 Å². The molecule has 3 aromatic rings. The Hall–Kier alpha value is -3.15. The molecule has 6 nitrogen and oxygen atoms in total. The van der Waals surface area contributed by atoms with Gasteiger partial charge in [-0.15, -0.1) is 0 Å². The first-order chi connectivity index (χ1) is 11.9. The third-order valence-electron chi connectivity index (χ3n) is 3.77. The van der Waals surface area contributed by atoms with Gasteiger partial charge in [-0.3, -0.25) is 9.59 Å². The number of aromatic amines is 1. The summed E-state index contributed by atoms with van der Waals surface area (Å²) < 4.78 is 0. The summed E-state index contributed by atoms with van der Waals surface area (Å²) in [5, 5.41) is 5.53. The minimum absolute atomic E-state index is 0.134. The van der Waals surface area contributed by atoms with Crippen LogP contribution in [0.15, 0.2) is 42.5 Å². The highest BCUT2D eigenvalue weighted by Gasteiger charge is 2.11. The number of benzene rings is 2. The van der Waals surface area contributed by atoms with Crippen LogP contribution in [0.2, 0.25) is 0 Å². The molecule has 0 saturated heterocycles. The van der Waals surface area contributed by atoms with E-state index in [1.54, 1.807) is 36.4 Å². The van der Waals surface area contributed by atoms with Gasteiger partial charge in [0.1, 0.15) is 5.82 Å². The fourth-order valence-electron chi connectivity index (χ4n) is 2.49. The van der Waals surface area contributed by atoms with E-state index in [1.807, 2.05) is 6.07 Å². The van der Waals surface area contributed by atoms with Crippen LogP contribution in [0.3, 0.4) is 0 Å². The molecule has 0 aliphatic carbocycles. The van der Waals surface area contributed by atoms with Crippen molar-refractivity contribution in [2.24, 2.45) is 0 Å². The minimum atomic E-state index is -0.199. The van der Waals surface area contributed by atoms with Gasteiger partial charge < -0.3 is 15.6 Å². The van der Waals surface area contributed by atoms with Gasteiger partial charge in [0.2, 0.25) is 5.91 Å². The Morgan fingerprint density at radius 3 is 2.24 bits per heavy atom. The second-order valence-electron chi connectivity index (χ2n) is 6.22. The second-order valence-corrected chi connectivity index (χ2v) is 6.22. The van der Waals surface area contributed by atoms with E-state index in [-0.39, 0.29) is 11.8 Å². The van der Waals surface area contributed by atoms with E-state index in [4.69, 9.17) is 0 Å². The molecule has 3 rings (SSSR count). The van der Waals surface area contributed by atoms with Crippen molar-refractivity contribution in [3.8, 4) is 0 Å². The Morgan fingerprint density at radius 1 is 1.00 bits per heavy atom. The molecule has 0 fully saturated rings. The molecular formula is C19H20N4O2. The third-order valence-corrected chi connectivity index (χ3v) is 3.77. The quantitative estimate of drug-likeness (QED) is 0.675. The monoisotopic (exact) mass is 336 g/mol. The number of anilines is 2. The predicted octanol–water partition coefficient (Wildman–Crippen LogP) is 3.90. The minimum Gasteiger partial charge on any atom is -0.342 e. The van der Waals surface area contributed by atoms with Gasteiger partial charge >= 0.3 is 0 Å². The van der Waals surface area contributed by atoms with Gasteiger partial charge in [0.15, 0.2) is 0 Å². The fraction of sp³-hybridized carbons (Fsp3) is 0.211. The highest BCUT2D eigenvalue weighted by atomic mass is 16.2. The standard InChI is InChI=1S/C19H20N4O2/c1-11(2)18-22-16-9-4-13(10-17(16)23-18)19(25)21-15-7-5-14(6-8-15)20-12(3)24/h4-11H,1-3H3,(H,20,24)(H,21,25)(H,22,23). The number of rotatable bonds is 4. The summed E-state index contributed by atoms with van der Waals surface area (Å²) >= 11 is 0. The van der Waals surface area contributed by atoms with E-state index in [1.165, 1.54) is 6.92 Å². The van der Waals surface area contributed by atoms with Crippen LogP contribution in [-0.4, -0.2) is 21.8 Å². The molecule has 0 radical (unpaired) electrons.